The topological polar surface area (TPSA) is 50.4 Å². The van der Waals surface area contributed by atoms with Crippen LogP contribution in [0.4, 0.5) is 5.00 Å². The second-order valence-corrected chi connectivity index (χ2v) is 8.10. The normalized spacial score (nSPS) is 19.1. The third-order valence-corrected chi connectivity index (χ3v) is 6.25. The Morgan fingerprint density at radius 3 is 2.96 bits per heavy atom. The molecule has 0 saturated heterocycles. The molecule has 6 heteroatoms. The molecule has 0 radical (unpaired) electrons. The van der Waals surface area contributed by atoms with Crippen molar-refractivity contribution in [2.75, 3.05) is 11.9 Å². The number of amides is 1. The van der Waals surface area contributed by atoms with Gasteiger partial charge in [-0.15, -0.1) is 11.3 Å². The van der Waals surface area contributed by atoms with E-state index in [1.54, 1.807) is 11.3 Å². The predicted molar refractivity (Wildman–Crippen MR) is 100 cm³/mol. The van der Waals surface area contributed by atoms with E-state index in [1.807, 2.05) is 25.1 Å². The Morgan fingerprint density at radius 2 is 2.12 bits per heavy atom. The highest BCUT2D eigenvalue weighted by atomic mass is 79.9. The molecule has 1 atom stereocenters. The summed E-state index contributed by atoms with van der Waals surface area (Å²) in [6.07, 6.45) is 4.23. The van der Waals surface area contributed by atoms with Gasteiger partial charge in [-0.1, -0.05) is 15.9 Å². The van der Waals surface area contributed by atoms with Gasteiger partial charge >= 0.3 is 0 Å². The van der Waals surface area contributed by atoms with Gasteiger partial charge in [-0.05, 0) is 56.4 Å². The number of hydrogen-bond acceptors (Lipinski definition) is 4. The Hall–Kier alpha value is -1.53. The van der Waals surface area contributed by atoms with Crippen molar-refractivity contribution >= 4 is 38.2 Å². The van der Waals surface area contributed by atoms with E-state index >= 15 is 0 Å². The third-order valence-electron chi connectivity index (χ3n) is 4.53. The van der Waals surface area contributed by atoms with Crippen molar-refractivity contribution in [2.45, 2.75) is 38.8 Å². The summed E-state index contributed by atoms with van der Waals surface area (Å²) in [5.41, 5.74) is 3.06. The monoisotopic (exact) mass is 406 g/mol. The summed E-state index contributed by atoms with van der Waals surface area (Å²) in [5, 5.41) is 7.62. The SMILES string of the molecule is CCOc1ccc(Br)cc1C1NC(=O)c2c(sc3c2CCCC3)N1. The second-order valence-electron chi connectivity index (χ2n) is 6.08. The first-order valence-electron chi connectivity index (χ1n) is 8.31. The Morgan fingerprint density at radius 1 is 1.29 bits per heavy atom. The van der Waals surface area contributed by atoms with Gasteiger partial charge in [0.05, 0.1) is 12.2 Å². The lowest BCUT2D eigenvalue weighted by Crippen LogP contribution is -2.38. The minimum absolute atomic E-state index is 0.0237. The van der Waals surface area contributed by atoms with Crippen LogP contribution in [-0.2, 0) is 12.8 Å². The zero-order valence-electron chi connectivity index (χ0n) is 13.4. The van der Waals surface area contributed by atoms with Crippen molar-refractivity contribution < 1.29 is 9.53 Å². The van der Waals surface area contributed by atoms with Crippen LogP contribution in [0.3, 0.4) is 0 Å². The number of fused-ring (bicyclic) bond motifs is 3. The van der Waals surface area contributed by atoms with Crippen LogP contribution in [0.2, 0.25) is 0 Å². The zero-order valence-corrected chi connectivity index (χ0v) is 15.9. The first-order chi connectivity index (χ1) is 11.7. The van der Waals surface area contributed by atoms with E-state index in [4.69, 9.17) is 4.74 Å². The number of anilines is 1. The van der Waals surface area contributed by atoms with Gasteiger partial charge in [0, 0.05) is 14.9 Å². The Kier molecular flexibility index (Phi) is 4.26. The maximum atomic E-state index is 12.8. The van der Waals surface area contributed by atoms with Gasteiger partial charge < -0.3 is 15.4 Å². The van der Waals surface area contributed by atoms with Gasteiger partial charge in [-0.25, -0.2) is 0 Å². The fourth-order valence-electron chi connectivity index (χ4n) is 3.47. The molecule has 2 N–H and O–H groups in total. The minimum Gasteiger partial charge on any atom is -0.493 e. The number of ether oxygens (including phenoxy) is 1. The van der Waals surface area contributed by atoms with Crippen LogP contribution in [0, 0.1) is 0 Å². The molecule has 24 heavy (non-hydrogen) atoms. The van der Waals surface area contributed by atoms with Gasteiger partial charge in [0.25, 0.3) is 5.91 Å². The summed E-state index contributed by atoms with van der Waals surface area (Å²) >= 11 is 5.25. The lowest BCUT2D eigenvalue weighted by molar-refractivity contribution is 0.0935. The number of thiophene rings is 1. The van der Waals surface area contributed by atoms with Crippen molar-refractivity contribution in [3.63, 3.8) is 0 Å². The van der Waals surface area contributed by atoms with Crippen molar-refractivity contribution in [1.29, 1.82) is 0 Å². The van der Waals surface area contributed by atoms with Crippen LogP contribution in [0.1, 0.15) is 52.3 Å². The van der Waals surface area contributed by atoms with Gasteiger partial charge in [-0.3, -0.25) is 4.79 Å². The lowest BCUT2D eigenvalue weighted by atomic mass is 9.94. The molecule has 1 amide bonds. The van der Waals surface area contributed by atoms with Crippen molar-refractivity contribution in [1.82, 2.24) is 5.32 Å². The summed E-state index contributed by atoms with van der Waals surface area (Å²) in [4.78, 5) is 14.1. The quantitative estimate of drug-likeness (QED) is 0.779. The molecule has 2 aromatic rings. The van der Waals surface area contributed by atoms with Crippen LogP contribution in [0.15, 0.2) is 22.7 Å². The van der Waals surface area contributed by atoms with E-state index in [2.05, 4.69) is 26.6 Å². The van der Waals surface area contributed by atoms with Gasteiger partial charge in [0.2, 0.25) is 0 Å². The number of hydrogen-bond donors (Lipinski definition) is 2. The van der Waals surface area contributed by atoms with E-state index in [9.17, 15) is 4.79 Å². The number of carbonyl (C=O) groups is 1. The van der Waals surface area contributed by atoms with Crippen molar-refractivity contribution in [3.8, 4) is 5.75 Å². The molecule has 1 aliphatic heterocycles. The molecule has 0 spiro atoms. The van der Waals surface area contributed by atoms with E-state index in [0.717, 1.165) is 39.2 Å². The molecule has 1 aromatic carbocycles. The molecular formula is C18H19BrN2O2S. The fourth-order valence-corrected chi connectivity index (χ4v) is 5.16. The second kappa shape index (κ2) is 6.41. The number of aryl methyl sites for hydroxylation is 1. The first kappa shape index (κ1) is 16.0. The van der Waals surface area contributed by atoms with Crippen LogP contribution in [0.5, 0.6) is 5.75 Å². The highest BCUT2D eigenvalue weighted by Crippen LogP contribution is 2.42. The summed E-state index contributed by atoms with van der Waals surface area (Å²) < 4.78 is 6.71. The van der Waals surface area contributed by atoms with E-state index < -0.39 is 0 Å². The first-order valence-corrected chi connectivity index (χ1v) is 9.92. The van der Waals surface area contributed by atoms with E-state index in [1.165, 1.54) is 23.3 Å². The zero-order chi connectivity index (χ0) is 16.7. The maximum Gasteiger partial charge on any atom is 0.256 e. The molecule has 2 aliphatic rings. The largest absolute Gasteiger partial charge is 0.493 e. The van der Waals surface area contributed by atoms with Gasteiger partial charge in [0.1, 0.15) is 16.9 Å². The molecule has 0 fully saturated rings. The number of carbonyl (C=O) groups excluding carboxylic acids is 1. The van der Waals surface area contributed by atoms with Gasteiger partial charge in [0.15, 0.2) is 0 Å². The summed E-state index contributed by atoms with van der Waals surface area (Å²) in [5.74, 6) is 0.818. The average molecular weight is 407 g/mol. The number of rotatable bonds is 3. The van der Waals surface area contributed by atoms with Crippen LogP contribution >= 0.6 is 27.3 Å². The van der Waals surface area contributed by atoms with Crippen LogP contribution in [-0.4, -0.2) is 12.5 Å². The molecule has 2 heterocycles. The van der Waals surface area contributed by atoms with Crippen LogP contribution in [0.25, 0.3) is 0 Å². The standard InChI is InChI=1S/C18H19BrN2O2S/c1-2-23-13-8-7-10(19)9-12(13)16-20-17(22)15-11-5-3-4-6-14(11)24-18(15)21-16/h7-9,16,21H,2-6H2,1H3,(H,20,22). The van der Waals surface area contributed by atoms with Crippen molar-refractivity contribution in [2.24, 2.45) is 0 Å². The van der Waals surface area contributed by atoms with Crippen molar-refractivity contribution in [3.05, 3.63) is 44.2 Å². The molecule has 1 aliphatic carbocycles. The highest BCUT2D eigenvalue weighted by molar-refractivity contribution is 9.10. The number of halogens is 1. The van der Waals surface area contributed by atoms with E-state index in [0.29, 0.717) is 6.61 Å². The lowest BCUT2D eigenvalue weighted by Gasteiger charge is -2.28. The predicted octanol–water partition coefficient (Wildman–Crippen LogP) is 4.64. The molecule has 1 unspecified atom stereocenters. The summed E-state index contributed by atoms with van der Waals surface area (Å²) in [6.45, 7) is 2.55. The highest BCUT2D eigenvalue weighted by Gasteiger charge is 2.33. The summed E-state index contributed by atoms with van der Waals surface area (Å²) in [6, 6.07) is 5.89. The minimum atomic E-state index is -0.274. The Bertz CT molecular complexity index is 803. The Balaban J connectivity index is 1.72. The van der Waals surface area contributed by atoms with E-state index in [-0.39, 0.29) is 12.1 Å². The number of benzene rings is 1. The molecule has 0 bridgehead atoms. The molecule has 0 saturated carbocycles. The maximum absolute atomic E-state index is 12.8. The molecule has 126 valence electrons. The fraction of sp³-hybridized carbons (Fsp3) is 0.389. The average Bonchev–Trinajstić information content (AvgIpc) is 2.95. The van der Waals surface area contributed by atoms with Gasteiger partial charge in [-0.2, -0.15) is 0 Å². The molecule has 4 nitrogen and oxygen atoms in total. The molecular weight excluding hydrogens is 388 g/mol. The summed E-state index contributed by atoms with van der Waals surface area (Å²) in [7, 11) is 0. The number of nitrogens with one attached hydrogen (secondary N) is 2. The smallest absolute Gasteiger partial charge is 0.256 e. The Labute approximate surface area is 153 Å². The molecule has 4 rings (SSSR count). The van der Waals surface area contributed by atoms with Crippen LogP contribution < -0.4 is 15.4 Å². The molecule has 1 aromatic heterocycles. The third kappa shape index (κ3) is 2.71.